The van der Waals surface area contributed by atoms with Crippen molar-refractivity contribution in [2.75, 3.05) is 19.7 Å². The summed E-state index contributed by atoms with van der Waals surface area (Å²) in [4.78, 5) is 34.1. The van der Waals surface area contributed by atoms with Crippen molar-refractivity contribution in [1.82, 2.24) is 14.5 Å². The number of aromatic nitrogens is 2. The van der Waals surface area contributed by atoms with Gasteiger partial charge in [0.05, 0.1) is 16.6 Å². The summed E-state index contributed by atoms with van der Waals surface area (Å²) in [6.07, 6.45) is -3.23. The van der Waals surface area contributed by atoms with Gasteiger partial charge in [0.25, 0.3) is 5.91 Å². The molecule has 0 saturated carbocycles. The van der Waals surface area contributed by atoms with E-state index in [1.807, 2.05) is 23.1 Å². The van der Waals surface area contributed by atoms with E-state index in [9.17, 15) is 27.9 Å². The molecule has 1 aliphatic rings. The van der Waals surface area contributed by atoms with Crippen molar-refractivity contribution in [3.63, 3.8) is 0 Å². The number of H-pyrrole nitrogens is 1. The van der Waals surface area contributed by atoms with Crippen molar-refractivity contribution in [1.29, 1.82) is 0 Å². The fourth-order valence-electron chi connectivity index (χ4n) is 5.34. The quantitative estimate of drug-likeness (QED) is 0.500. The Morgan fingerprint density at radius 3 is 2.58 bits per heavy atom. The summed E-state index contributed by atoms with van der Waals surface area (Å²) in [5.41, 5.74) is 1.75. The van der Waals surface area contributed by atoms with Crippen LogP contribution in [0.2, 0.25) is 0 Å². The van der Waals surface area contributed by atoms with Crippen LogP contribution < -0.4 is 5.62 Å². The molecule has 0 spiro atoms. The number of aliphatic hydroxyl groups excluding tert-OH is 1. The molecule has 38 heavy (non-hydrogen) atoms. The van der Waals surface area contributed by atoms with Crippen molar-refractivity contribution in [3.8, 4) is 0 Å². The maximum atomic E-state index is 13.1. The minimum absolute atomic E-state index is 0.0666. The lowest BCUT2D eigenvalue weighted by molar-refractivity contribution is -0.137. The van der Waals surface area contributed by atoms with E-state index >= 15 is 0 Å². The first kappa shape index (κ1) is 27.6. The van der Waals surface area contributed by atoms with Gasteiger partial charge in [-0.2, -0.15) is 18.2 Å². The first-order chi connectivity index (χ1) is 18.0. The van der Waals surface area contributed by atoms with Crippen LogP contribution in [0, 0.1) is 11.8 Å². The third-order valence-electron chi connectivity index (χ3n) is 7.25. The number of alkyl halides is 3. The van der Waals surface area contributed by atoms with Crippen LogP contribution >= 0.6 is 0 Å². The van der Waals surface area contributed by atoms with Crippen molar-refractivity contribution in [2.45, 2.75) is 52.3 Å². The van der Waals surface area contributed by atoms with Gasteiger partial charge in [-0.25, -0.2) is 0 Å². The van der Waals surface area contributed by atoms with E-state index in [1.165, 1.54) is 12.1 Å². The number of imidazole rings is 1. The molecule has 3 unspecified atom stereocenters. The van der Waals surface area contributed by atoms with Crippen LogP contribution in [0.1, 0.15) is 61.0 Å². The number of hydrogen-bond acceptors (Lipinski definition) is 3. The molecular weight excluding hydrogens is 497 g/mol. The van der Waals surface area contributed by atoms with Gasteiger partial charge in [-0.15, -0.1) is 0 Å². The molecule has 0 radical (unpaired) electrons. The van der Waals surface area contributed by atoms with Gasteiger partial charge in [-0.05, 0) is 66.5 Å². The molecule has 2 N–H and O–H groups in total. The molecule has 1 aliphatic heterocycles. The summed E-state index contributed by atoms with van der Waals surface area (Å²) in [5, 5.41) is 9.39. The molecule has 3 aromatic rings. The predicted molar refractivity (Wildman–Crippen MR) is 137 cm³/mol. The van der Waals surface area contributed by atoms with Gasteiger partial charge in [-0.3, -0.25) is 9.59 Å². The molecule has 2 heterocycles. The van der Waals surface area contributed by atoms with E-state index in [4.69, 9.17) is 0 Å². The largest absolute Gasteiger partial charge is 0.416 e. The van der Waals surface area contributed by atoms with E-state index < -0.39 is 17.6 Å². The molecule has 3 atom stereocenters. The van der Waals surface area contributed by atoms with Crippen LogP contribution in [0.15, 0.2) is 47.5 Å². The van der Waals surface area contributed by atoms with Crippen LogP contribution in [-0.4, -0.2) is 51.1 Å². The second-order valence-corrected chi connectivity index (χ2v) is 10.3. The number of carbonyl (C=O) groups is 2. The molecule has 1 fully saturated rings. The summed E-state index contributed by atoms with van der Waals surface area (Å²) >= 11 is 0. The van der Waals surface area contributed by atoms with Crippen molar-refractivity contribution in [3.05, 3.63) is 64.8 Å². The second kappa shape index (κ2) is 11.1. The number of nitrogens with zero attached hydrogens (tertiary/aromatic N) is 3. The first-order valence-corrected chi connectivity index (χ1v) is 12.8. The summed E-state index contributed by atoms with van der Waals surface area (Å²) in [6, 6.07) is 10.2. The Hall–Kier alpha value is -3.40. The highest BCUT2D eigenvalue weighted by Gasteiger charge is 2.31. The molecule has 2 aromatic carbocycles. The summed E-state index contributed by atoms with van der Waals surface area (Å²) in [6.45, 7) is 7.60. The number of halogens is 3. The lowest BCUT2D eigenvalue weighted by atomic mass is 9.82. The Labute approximate surface area is 219 Å². The van der Waals surface area contributed by atoms with Gasteiger partial charge < -0.3 is 19.6 Å². The fraction of sp³-hybridized carbons (Fsp3) is 0.464. The average Bonchev–Trinajstić information content (AvgIpc) is 3.11. The smallest absolute Gasteiger partial charge is 0.396 e. The number of hydrogen-bond donors (Lipinski definition) is 2. The van der Waals surface area contributed by atoms with Crippen molar-refractivity contribution >= 4 is 22.8 Å². The third kappa shape index (κ3) is 6.01. The minimum Gasteiger partial charge on any atom is -0.396 e. The van der Waals surface area contributed by atoms with Gasteiger partial charge in [0, 0.05) is 38.7 Å². The van der Waals surface area contributed by atoms with Crippen LogP contribution in [0.25, 0.3) is 11.0 Å². The minimum atomic E-state index is -4.57. The normalized spacial score (nSPS) is 21.1. The van der Waals surface area contributed by atoms with Crippen molar-refractivity contribution < 1.29 is 27.9 Å². The highest BCUT2D eigenvalue weighted by molar-refractivity contribution is 5.95. The Morgan fingerprint density at radius 2 is 1.89 bits per heavy atom. The van der Waals surface area contributed by atoms with E-state index in [-0.39, 0.29) is 35.5 Å². The van der Waals surface area contributed by atoms with Gasteiger partial charge >= 0.3 is 6.18 Å². The monoisotopic (exact) mass is 530 g/mol. The van der Waals surface area contributed by atoms with E-state index in [0.29, 0.717) is 25.4 Å². The zero-order chi connectivity index (χ0) is 27.6. The van der Waals surface area contributed by atoms with Crippen LogP contribution in [0.5, 0.6) is 0 Å². The summed E-state index contributed by atoms with van der Waals surface area (Å²) in [5.74, 6) is 0.0739. The number of amides is 2. The van der Waals surface area contributed by atoms with Crippen LogP contribution in [0.4, 0.5) is 13.2 Å². The van der Waals surface area contributed by atoms with Crippen LogP contribution in [0.3, 0.4) is 0 Å². The number of aromatic amines is 1. The lowest BCUT2D eigenvalue weighted by Crippen LogP contribution is -2.34. The Bertz CT molecular complexity index is 1390. The molecule has 0 bridgehead atoms. The van der Waals surface area contributed by atoms with Gasteiger partial charge in [0.1, 0.15) is 0 Å². The standard InChI is InChI=1S/C28H33F3N4O3/c1-17-12-23(18(2)16-34(15-17)19(3)37)20-8-9-25-24(14-20)32-27(35(25)10-5-11-36)33-26(38)21-6-4-7-22(13-21)28(29,30)31/h4,6-9,13-14,17-18,23,36H,5,10-12,15-16H2,1-3H3,(H,32,33,38). The fourth-order valence-corrected chi connectivity index (χ4v) is 5.34. The molecule has 1 aromatic heterocycles. The van der Waals surface area contributed by atoms with Crippen LogP contribution in [-0.2, 0) is 17.5 Å². The average molecular weight is 531 g/mol. The summed E-state index contributed by atoms with van der Waals surface area (Å²) in [7, 11) is 0. The summed E-state index contributed by atoms with van der Waals surface area (Å²) < 4.78 is 41.2. The zero-order valence-corrected chi connectivity index (χ0v) is 21.8. The Balaban J connectivity index is 1.73. The Morgan fingerprint density at radius 1 is 1.13 bits per heavy atom. The van der Waals surface area contributed by atoms with Crippen molar-refractivity contribution in [2.24, 2.45) is 16.8 Å². The number of aliphatic hydroxyl groups is 1. The topological polar surface area (TPSA) is 90.7 Å². The van der Waals surface area contributed by atoms with Gasteiger partial charge in [-0.1, -0.05) is 26.0 Å². The number of benzene rings is 2. The number of fused-ring (bicyclic) bond motifs is 1. The SMILES string of the molecule is CC(=O)N1CC(C)CC(c2ccc3c(c2)[nH]/c(=N\C(=O)c2cccc(C(F)(F)F)c2)n3CCCO)C(C)C1. The van der Waals surface area contributed by atoms with E-state index in [0.717, 1.165) is 41.7 Å². The number of likely N-dealkylation sites (tertiary alicyclic amines) is 1. The number of nitrogens with one attached hydrogen (secondary N) is 1. The number of aryl methyl sites for hydroxylation is 1. The third-order valence-corrected chi connectivity index (χ3v) is 7.25. The maximum absolute atomic E-state index is 13.1. The zero-order valence-electron chi connectivity index (χ0n) is 21.8. The number of rotatable bonds is 5. The van der Waals surface area contributed by atoms with Gasteiger partial charge in [0.2, 0.25) is 11.5 Å². The molecule has 10 heteroatoms. The molecular formula is C28H33F3N4O3. The molecule has 0 aliphatic carbocycles. The Kier molecular flexibility index (Phi) is 8.10. The maximum Gasteiger partial charge on any atom is 0.416 e. The molecule has 4 rings (SSSR count). The van der Waals surface area contributed by atoms with E-state index in [1.54, 1.807) is 11.5 Å². The molecule has 204 valence electrons. The number of carbonyl (C=O) groups excluding carboxylic acids is 2. The predicted octanol–water partition coefficient (Wildman–Crippen LogP) is 4.72. The second-order valence-electron chi connectivity index (χ2n) is 10.3. The highest BCUT2D eigenvalue weighted by atomic mass is 19.4. The molecule has 2 amide bonds. The van der Waals surface area contributed by atoms with E-state index in [2.05, 4.69) is 23.8 Å². The van der Waals surface area contributed by atoms with Gasteiger partial charge in [0.15, 0.2) is 0 Å². The first-order valence-electron chi connectivity index (χ1n) is 12.8. The highest BCUT2D eigenvalue weighted by Crippen LogP contribution is 2.36. The molecule has 7 nitrogen and oxygen atoms in total. The molecule has 1 saturated heterocycles. The lowest BCUT2D eigenvalue weighted by Gasteiger charge is -2.25.